The van der Waals surface area contributed by atoms with Crippen LogP contribution in [0, 0.1) is 10.1 Å². The number of nitrogens with zero attached hydrogens (tertiary/aromatic N) is 4. The average Bonchev–Trinajstić information content (AvgIpc) is 3.41. The predicted molar refractivity (Wildman–Crippen MR) is 141 cm³/mol. The first-order chi connectivity index (χ1) is 18.0. The third-order valence-electron chi connectivity index (χ3n) is 6.33. The Morgan fingerprint density at radius 3 is 2.24 bits per heavy atom. The van der Waals surface area contributed by atoms with Crippen LogP contribution in [0.2, 0.25) is 0 Å². The Bertz CT molecular complexity index is 1210. The molecule has 0 atom stereocenters. The van der Waals surface area contributed by atoms with Crippen LogP contribution in [0.25, 0.3) is 11.1 Å². The van der Waals surface area contributed by atoms with E-state index in [1.807, 2.05) is 24.3 Å². The van der Waals surface area contributed by atoms with Gasteiger partial charge in [-0.25, -0.2) is 0 Å². The molecule has 10 nitrogen and oxygen atoms in total. The second-order valence-electron chi connectivity index (χ2n) is 8.92. The van der Waals surface area contributed by atoms with Crippen molar-refractivity contribution in [2.45, 2.75) is 25.9 Å². The molecule has 4 rings (SSSR count). The summed E-state index contributed by atoms with van der Waals surface area (Å²) in [6.07, 6.45) is 3.09. The third kappa shape index (κ3) is 6.60. The number of benzene rings is 2. The molecule has 0 saturated carbocycles. The van der Waals surface area contributed by atoms with Gasteiger partial charge in [-0.2, -0.15) is 4.98 Å². The van der Waals surface area contributed by atoms with Crippen LogP contribution in [0.4, 0.5) is 17.2 Å². The standard InChI is InChI=1S/C27H31N5O5/c1-36-14-15-37-25-16-24(26(32(34)35)27(28)29-25)31(19-33)18-21-6-10-23(11-7-21)22-8-4-20(5-9-22)17-30-12-2-3-13-30/h4-11,16,19H,2-3,12-15,17-18H2,1H3,(H2,28,29). The van der Waals surface area contributed by atoms with Crippen molar-refractivity contribution in [3.63, 3.8) is 0 Å². The van der Waals surface area contributed by atoms with Gasteiger partial charge in [-0.1, -0.05) is 48.5 Å². The number of carbonyl (C=O) groups is 1. The lowest BCUT2D eigenvalue weighted by Crippen LogP contribution is -2.22. The van der Waals surface area contributed by atoms with Crippen LogP contribution in [0.3, 0.4) is 0 Å². The molecule has 1 aliphatic heterocycles. The van der Waals surface area contributed by atoms with Gasteiger partial charge in [-0.05, 0) is 48.2 Å². The van der Waals surface area contributed by atoms with Gasteiger partial charge in [-0.15, -0.1) is 0 Å². The van der Waals surface area contributed by atoms with E-state index >= 15 is 0 Å². The van der Waals surface area contributed by atoms with E-state index in [0.29, 0.717) is 13.0 Å². The maximum Gasteiger partial charge on any atom is 0.334 e. The summed E-state index contributed by atoms with van der Waals surface area (Å²) in [5, 5.41) is 11.7. The Hall–Kier alpha value is -4.02. The number of nitrogen functional groups attached to an aromatic ring is 1. The molecule has 2 aromatic carbocycles. The van der Waals surface area contributed by atoms with Crippen molar-refractivity contribution < 1.29 is 19.2 Å². The van der Waals surface area contributed by atoms with Crippen molar-refractivity contribution in [1.29, 1.82) is 0 Å². The number of nitro groups is 1. The van der Waals surface area contributed by atoms with Crippen molar-refractivity contribution in [2.75, 3.05) is 44.0 Å². The molecule has 37 heavy (non-hydrogen) atoms. The highest BCUT2D eigenvalue weighted by Crippen LogP contribution is 2.36. The molecule has 1 saturated heterocycles. The zero-order valence-corrected chi connectivity index (χ0v) is 20.8. The highest BCUT2D eigenvalue weighted by molar-refractivity contribution is 5.85. The van der Waals surface area contributed by atoms with Crippen molar-refractivity contribution in [3.8, 4) is 17.0 Å². The largest absolute Gasteiger partial charge is 0.475 e. The number of pyridine rings is 1. The first-order valence-electron chi connectivity index (χ1n) is 12.2. The fraction of sp³-hybridized carbons (Fsp3) is 0.333. The number of carbonyl (C=O) groups excluding carboxylic acids is 1. The van der Waals surface area contributed by atoms with Gasteiger partial charge >= 0.3 is 5.69 Å². The second-order valence-corrected chi connectivity index (χ2v) is 8.92. The van der Waals surface area contributed by atoms with Crippen molar-refractivity contribution in [3.05, 3.63) is 75.8 Å². The maximum absolute atomic E-state index is 12.0. The molecule has 3 aromatic rings. The van der Waals surface area contributed by atoms with Crippen LogP contribution < -0.4 is 15.4 Å². The normalized spacial score (nSPS) is 13.4. The molecule has 10 heteroatoms. The fourth-order valence-electron chi connectivity index (χ4n) is 4.41. The Morgan fingerprint density at radius 1 is 1.05 bits per heavy atom. The Labute approximate surface area is 215 Å². The monoisotopic (exact) mass is 505 g/mol. The van der Waals surface area contributed by atoms with Crippen molar-refractivity contribution >= 4 is 23.6 Å². The Morgan fingerprint density at radius 2 is 1.68 bits per heavy atom. The molecule has 1 fully saturated rings. The van der Waals surface area contributed by atoms with Crippen LogP contribution in [-0.2, 0) is 22.6 Å². The SMILES string of the molecule is COCCOc1cc(N(C=O)Cc2ccc(-c3ccc(CN4CCCC4)cc3)cc2)c([N+](=O)[O-])c(N)n1. The summed E-state index contributed by atoms with van der Waals surface area (Å²) < 4.78 is 10.4. The minimum Gasteiger partial charge on any atom is -0.475 e. The summed E-state index contributed by atoms with van der Waals surface area (Å²) in [4.78, 5) is 30.7. The van der Waals surface area contributed by atoms with Gasteiger partial charge in [-0.3, -0.25) is 19.8 Å². The summed E-state index contributed by atoms with van der Waals surface area (Å²) in [5.74, 6) is -0.254. The summed E-state index contributed by atoms with van der Waals surface area (Å²) >= 11 is 0. The average molecular weight is 506 g/mol. The van der Waals surface area contributed by atoms with Crippen LogP contribution in [0.1, 0.15) is 24.0 Å². The zero-order chi connectivity index (χ0) is 26.2. The maximum atomic E-state index is 12.0. The minimum absolute atomic E-state index is 0.0117. The summed E-state index contributed by atoms with van der Waals surface area (Å²) in [5.41, 5.74) is 9.65. The van der Waals surface area contributed by atoms with E-state index in [0.717, 1.165) is 23.2 Å². The Balaban J connectivity index is 1.49. The number of hydrogen-bond donors (Lipinski definition) is 1. The van der Waals surface area contributed by atoms with Gasteiger partial charge < -0.3 is 20.1 Å². The molecule has 2 N–H and O–H groups in total. The van der Waals surface area contributed by atoms with E-state index < -0.39 is 10.6 Å². The lowest BCUT2D eigenvalue weighted by atomic mass is 10.0. The molecule has 0 radical (unpaired) electrons. The van der Waals surface area contributed by atoms with Gasteiger partial charge in [0.15, 0.2) is 0 Å². The smallest absolute Gasteiger partial charge is 0.334 e. The van der Waals surface area contributed by atoms with Crippen LogP contribution in [0.15, 0.2) is 54.6 Å². The highest BCUT2D eigenvalue weighted by atomic mass is 16.6. The second kappa shape index (κ2) is 12.3. The molecular weight excluding hydrogens is 474 g/mol. The van der Waals surface area contributed by atoms with E-state index in [1.165, 1.54) is 49.6 Å². The number of rotatable bonds is 12. The quantitative estimate of drug-likeness (QED) is 0.169. The number of likely N-dealkylation sites (tertiary alicyclic amines) is 1. The Kier molecular flexibility index (Phi) is 8.65. The first kappa shape index (κ1) is 26.1. The van der Waals surface area contributed by atoms with Gasteiger partial charge in [0.2, 0.25) is 18.1 Å². The van der Waals surface area contributed by atoms with Crippen LogP contribution in [-0.4, -0.2) is 54.6 Å². The first-order valence-corrected chi connectivity index (χ1v) is 12.2. The number of methoxy groups -OCH3 is 1. The molecular formula is C27H31N5O5. The van der Waals surface area contributed by atoms with Crippen LogP contribution >= 0.6 is 0 Å². The third-order valence-corrected chi connectivity index (χ3v) is 6.33. The van der Waals surface area contributed by atoms with Gasteiger partial charge in [0.25, 0.3) is 0 Å². The van der Waals surface area contributed by atoms with E-state index in [4.69, 9.17) is 15.2 Å². The molecule has 2 heterocycles. The lowest BCUT2D eigenvalue weighted by molar-refractivity contribution is -0.383. The summed E-state index contributed by atoms with van der Waals surface area (Å²) in [6, 6.07) is 17.6. The summed E-state index contributed by atoms with van der Waals surface area (Å²) in [6.45, 7) is 3.91. The van der Waals surface area contributed by atoms with Crippen molar-refractivity contribution in [1.82, 2.24) is 9.88 Å². The number of nitrogens with two attached hydrogens (primary N) is 1. The number of amides is 1. The summed E-state index contributed by atoms with van der Waals surface area (Å²) in [7, 11) is 1.52. The lowest BCUT2D eigenvalue weighted by Gasteiger charge is -2.19. The molecule has 1 amide bonds. The zero-order valence-electron chi connectivity index (χ0n) is 20.8. The molecule has 0 bridgehead atoms. The van der Waals surface area contributed by atoms with Crippen LogP contribution in [0.5, 0.6) is 5.88 Å². The number of aromatic nitrogens is 1. The molecule has 0 spiro atoms. The van der Waals surface area contributed by atoms with Gasteiger partial charge in [0.05, 0.1) is 18.1 Å². The molecule has 0 unspecified atom stereocenters. The van der Waals surface area contributed by atoms with E-state index in [-0.39, 0.29) is 30.5 Å². The van der Waals surface area contributed by atoms with E-state index in [1.54, 1.807) is 0 Å². The van der Waals surface area contributed by atoms with Crippen molar-refractivity contribution in [2.24, 2.45) is 0 Å². The topological polar surface area (TPSA) is 124 Å². The van der Waals surface area contributed by atoms with Gasteiger partial charge in [0, 0.05) is 19.7 Å². The molecule has 1 aromatic heterocycles. The minimum atomic E-state index is -0.649. The molecule has 1 aliphatic rings. The number of hydrogen-bond acceptors (Lipinski definition) is 8. The van der Waals surface area contributed by atoms with Gasteiger partial charge in [0.1, 0.15) is 12.3 Å². The molecule has 194 valence electrons. The fourth-order valence-corrected chi connectivity index (χ4v) is 4.41. The number of anilines is 2. The van der Waals surface area contributed by atoms with E-state index in [2.05, 4.69) is 34.1 Å². The van der Waals surface area contributed by atoms with E-state index in [9.17, 15) is 14.9 Å². The molecule has 0 aliphatic carbocycles. The number of ether oxygens (including phenoxy) is 2. The predicted octanol–water partition coefficient (Wildman–Crippen LogP) is 4.02. The highest BCUT2D eigenvalue weighted by Gasteiger charge is 2.26.